The first-order valence-corrected chi connectivity index (χ1v) is 3.25. The maximum absolute atomic E-state index is 10.2. The topological polar surface area (TPSA) is 63.4 Å². The Morgan fingerprint density at radius 2 is 2.42 bits per heavy atom. The smallest absolute Gasteiger partial charge is 0.265 e. The van der Waals surface area contributed by atoms with E-state index in [2.05, 4.69) is 0 Å². The van der Waals surface area contributed by atoms with Crippen LogP contribution in [0.25, 0.3) is 0 Å². The summed E-state index contributed by atoms with van der Waals surface area (Å²) >= 11 is 0. The average Bonchev–Trinajstić information content (AvgIpc) is 2.04. The molecule has 0 aromatic carbocycles. The highest BCUT2D eigenvalue weighted by Crippen LogP contribution is 1.98. The highest BCUT2D eigenvalue weighted by atomic mass is 16.6. The molecule has 0 bridgehead atoms. The lowest BCUT2D eigenvalue weighted by atomic mass is 10.3. The molecule has 64 valence electrons. The summed E-state index contributed by atoms with van der Waals surface area (Å²) in [7, 11) is 0. The first-order valence-electron chi connectivity index (χ1n) is 3.25. The van der Waals surface area contributed by atoms with Gasteiger partial charge < -0.3 is 5.11 Å². The van der Waals surface area contributed by atoms with Gasteiger partial charge in [0.25, 0.3) is 5.70 Å². The van der Waals surface area contributed by atoms with E-state index in [4.69, 9.17) is 11.5 Å². The van der Waals surface area contributed by atoms with Crippen LogP contribution in [-0.4, -0.2) is 16.1 Å². The second-order valence-corrected chi connectivity index (χ2v) is 1.94. The van der Waals surface area contributed by atoms with E-state index in [1.54, 1.807) is 0 Å². The number of aliphatic hydroxyl groups excluding tert-OH is 1. The molecule has 0 amide bonds. The first-order chi connectivity index (χ1) is 5.61. The third-order valence-corrected chi connectivity index (χ3v) is 1.13. The van der Waals surface area contributed by atoms with Crippen molar-refractivity contribution in [2.75, 3.05) is 0 Å². The molecular weight excluding hydrogens is 158 g/mol. The Morgan fingerprint density at radius 3 is 2.75 bits per heavy atom. The standard InChI is InChI=1S/C8H9NO3/c1-3-7(9(11)12)5-6-8(10)4-2/h2-3,5-6,8,10H,1H3/b6-5-,7-3+. The zero-order valence-corrected chi connectivity index (χ0v) is 6.60. The zero-order valence-electron chi connectivity index (χ0n) is 6.60. The van der Waals surface area contributed by atoms with Crippen molar-refractivity contribution in [3.63, 3.8) is 0 Å². The Morgan fingerprint density at radius 1 is 1.83 bits per heavy atom. The minimum absolute atomic E-state index is 0.0932. The third-order valence-electron chi connectivity index (χ3n) is 1.13. The summed E-state index contributed by atoms with van der Waals surface area (Å²) in [5, 5.41) is 19.0. The van der Waals surface area contributed by atoms with Crippen LogP contribution in [0.1, 0.15) is 6.92 Å². The zero-order chi connectivity index (χ0) is 9.56. The maximum atomic E-state index is 10.2. The number of allylic oxidation sites excluding steroid dienone is 2. The lowest BCUT2D eigenvalue weighted by Crippen LogP contribution is -1.99. The molecule has 0 heterocycles. The van der Waals surface area contributed by atoms with Crippen LogP contribution in [0.2, 0.25) is 0 Å². The second-order valence-electron chi connectivity index (χ2n) is 1.94. The molecule has 0 radical (unpaired) electrons. The predicted octanol–water partition coefficient (Wildman–Crippen LogP) is 0.717. The number of nitrogens with zero attached hydrogens (tertiary/aromatic N) is 1. The van der Waals surface area contributed by atoms with E-state index >= 15 is 0 Å². The molecular formula is C8H9NO3. The van der Waals surface area contributed by atoms with Crippen LogP contribution >= 0.6 is 0 Å². The van der Waals surface area contributed by atoms with Crippen molar-refractivity contribution in [3.05, 3.63) is 34.0 Å². The highest BCUT2D eigenvalue weighted by Gasteiger charge is 2.03. The quantitative estimate of drug-likeness (QED) is 0.291. The molecule has 0 fully saturated rings. The Kier molecular flexibility index (Phi) is 4.42. The van der Waals surface area contributed by atoms with E-state index in [0.29, 0.717) is 0 Å². The Bertz CT molecular complexity index is 260. The van der Waals surface area contributed by atoms with Crippen LogP contribution in [0.3, 0.4) is 0 Å². The van der Waals surface area contributed by atoms with Crippen LogP contribution in [0.4, 0.5) is 0 Å². The van der Waals surface area contributed by atoms with Gasteiger partial charge in [0.2, 0.25) is 0 Å². The van der Waals surface area contributed by atoms with Crippen LogP contribution in [0, 0.1) is 22.5 Å². The van der Waals surface area contributed by atoms with Gasteiger partial charge in [0.1, 0.15) is 6.10 Å². The maximum Gasteiger partial charge on any atom is 0.265 e. The van der Waals surface area contributed by atoms with Crippen molar-refractivity contribution in [3.8, 4) is 12.3 Å². The summed E-state index contributed by atoms with van der Waals surface area (Å²) in [5.41, 5.74) is -0.0932. The van der Waals surface area contributed by atoms with Crippen molar-refractivity contribution >= 4 is 0 Å². The van der Waals surface area contributed by atoms with Gasteiger partial charge in [-0.05, 0) is 19.1 Å². The fourth-order valence-corrected chi connectivity index (χ4v) is 0.508. The van der Waals surface area contributed by atoms with Crippen molar-refractivity contribution in [2.24, 2.45) is 0 Å². The van der Waals surface area contributed by atoms with Crippen LogP contribution < -0.4 is 0 Å². The van der Waals surface area contributed by atoms with Gasteiger partial charge in [0, 0.05) is 6.08 Å². The molecule has 0 spiro atoms. The van der Waals surface area contributed by atoms with Crippen LogP contribution in [-0.2, 0) is 0 Å². The second kappa shape index (κ2) is 5.10. The summed E-state index contributed by atoms with van der Waals surface area (Å²) < 4.78 is 0. The van der Waals surface area contributed by atoms with E-state index in [9.17, 15) is 10.1 Å². The molecule has 1 unspecified atom stereocenters. The highest BCUT2D eigenvalue weighted by molar-refractivity contribution is 5.16. The molecule has 0 aliphatic carbocycles. The largest absolute Gasteiger partial charge is 0.377 e. The normalized spacial score (nSPS) is 14.2. The monoisotopic (exact) mass is 167 g/mol. The molecule has 12 heavy (non-hydrogen) atoms. The van der Waals surface area contributed by atoms with Gasteiger partial charge >= 0.3 is 0 Å². The van der Waals surface area contributed by atoms with Crippen LogP contribution in [0.5, 0.6) is 0 Å². The van der Waals surface area contributed by atoms with Gasteiger partial charge in [0.05, 0.1) is 4.92 Å². The Hall–Kier alpha value is -1.60. The first kappa shape index (κ1) is 10.4. The van der Waals surface area contributed by atoms with Gasteiger partial charge in [-0.3, -0.25) is 10.1 Å². The van der Waals surface area contributed by atoms with Gasteiger partial charge in [-0.25, -0.2) is 0 Å². The molecule has 0 aromatic rings. The average molecular weight is 167 g/mol. The number of hydrogen-bond acceptors (Lipinski definition) is 3. The van der Waals surface area contributed by atoms with Gasteiger partial charge in [0.15, 0.2) is 0 Å². The molecule has 0 rings (SSSR count). The number of nitro groups is 1. The fourth-order valence-electron chi connectivity index (χ4n) is 0.508. The number of terminal acetylenes is 1. The SMILES string of the molecule is C#CC(O)/C=C\C(=C/C)[N+](=O)[O-]. The summed E-state index contributed by atoms with van der Waals surface area (Å²) in [4.78, 5) is 9.63. The van der Waals surface area contributed by atoms with E-state index in [0.717, 1.165) is 0 Å². The van der Waals surface area contributed by atoms with E-state index in [1.807, 2.05) is 5.92 Å². The van der Waals surface area contributed by atoms with Gasteiger partial charge in [-0.2, -0.15) is 0 Å². The molecule has 1 atom stereocenters. The minimum Gasteiger partial charge on any atom is -0.377 e. The fraction of sp³-hybridized carbons (Fsp3) is 0.250. The van der Waals surface area contributed by atoms with Crippen molar-refractivity contribution in [1.82, 2.24) is 0 Å². The van der Waals surface area contributed by atoms with E-state index in [1.165, 1.54) is 25.2 Å². The molecule has 0 saturated carbocycles. The molecule has 0 saturated heterocycles. The predicted molar refractivity (Wildman–Crippen MR) is 44.7 cm³/mol. The van der Waals surface area contributed by atoms with Crippen molar-refractivity contribution in [2.45, 2.75) is 13.0 Å². The van der Waals surface area contributed by atoms with Gasteiger partial charge in [-0.15, -0.1) is 6.42 Å². The summed E-state index contributed by atoms with van der Waals surface area (Å²) in [6.45, 7) is 1.53. The lowest BCUT2D eigenvalue weighted by molar-refractivity contribution is -0.419. The number of hydrogen-bond donors (Lipinski definition) is 1. The minimum atomic E-state index is -1.07. The van der Waals surface area contributed by atoms with Crippen molar-refractivity contribution < 1.29 is 10.0 Å². The number of rotatable bonds is 3. The van der Waals surface area contributed by atoms with Crippen molar-refractivity contribution in [1.29, 1.82) is 0 Å². The Balaban J connectivity index is 4.34. The molecule has 0 aromatic heterocycles. The lowest BCUT2D eigenvalue weighted by Gasteiger charge is -1.91. The summed E-state index contributed by atoms with van der Waals surface area (Å²) in [5.74, 6) is 2.00. The molecule has 4 heteroatoms. The third kappa shape index (κ3) is 3.54. The van der Waals surface area contributed by atoms with Gasteiger partial charge in [-0.1, -0.05) is 5.92 Å². The molecule has 4 nitrogen and oxygen atoms in total. The molecule has 0 aliphatic rings. The summed E-state index contributed by atoms with van der Waals surface area (Å²) in [6, 6.07) is 0. The molecule has 1 N–H and O–H groups in total. The van der Waals surface area contributed by atoms with E-state index in [-0.39, 0.29) is 5.70 Å². The Labute approximate surface area is 70.4 Å². The summed E-state index contributed by atoms with van der Waals surface area (Å²) in [6.07, 6.45) is 7.43. The molecule has 0 aliphatic heterocycles. The van der Waals surface area contributed by atoms with Crippen LogP contribution in [0.15, 0.2) is 23.9 Å². The van der Waals surface area contributed by atoms with E-state index < -0.39 is 11.0 Å². The number of aliphatic hydroxyl groups is 1.